The van der Waals surface area contributed by atoms with Crippen molar-refractivity contribution in [2.75, 3.05) is 18.5 Å². The molecular formula is C7H12N4O2. The molecule has 0 aliphatic carbocycles. The van der Waals surface area contributed by atoms with E-state index in [1.807, 2.05) is 6.92 Å². The van der Waals surface area contributed by atoms with Gasteiger partial charge in [-0.15, -0.1) is 4.98 Å². The standard InChI is InChI=1S/C7H12N4O2/c1-3-8-5-9-6(12)11-7(10-5)13-4-2/h3-4H2,1-2H3,(H2,8,9,10,11,12). The van der Waals surface area contributed by atoms with E-state index in [1.54, 1.807) is 6.92 Å². The second kappa shape index (κ2) is 4.44. The molecule has 0 fully saturated rings. The first-order chi connectivity index (χ1) is 6.26. The highest BCUT2D eigenvalue weighted by Gasteiger charge is 2.00. The van der Waals surface area contributed by atoms with Gasteiger partial charge in [0, 0.05) is 6.54 Å². The molecule has 1 heterocycles. The van der Waals surface area contributed by atoms with Crippen LogP contribution in [0.3, 0.4) is 0 Å². The summed E-state index contributed by atoms with van der Waals surface area (Å²) in [6.45, 7) is 4.83. The lowest BCUT2D eigenvalue weighted by Gasteiger charge is -2.03. The summed E-state index contributed by atoms with van der Waals surface area (Å²) in [5, 5.41) is 2.86. The van der Waals surface area contributed by atoms with Crippen LogP contribution >= 0.6 is 0 Å². The molecule has 0 aliphatic rings. The normalized spacial score (nSPS) is 9.69. The summed E-state index contributed by atoms with van der Waals surface area (Å²) in [6, 6.07) is 0.0993. The number of nitrogens with zero attached hydrogens (tertiary/aromatic N) is 2. The first kappa shape index (κ1) is 9.50. The third kappa shape index (κ3) is 2.73. The van der Waals surface area contributed by atoms with E-state index >= 15 is 0 Å². The topological polar surface area (TPSA) is 79.9 Å². The van der Waals surface area contributed by atoms with Crippen molar-refractivity contribution in [1.82, 2.24) is 15.0 Å². The summed E-state index contributed by atoms with van der Waals surface area (Å²) in [5.74, 6) is 0.381. The van der Waals surface area contributed by atoms with Crippen LogP contribution in [-0.4, -0.2) is 28.1 Å². The van der Waals surface area contributed by atoms with Crippen molar-refractivity contribution in [1.29, 1.82) is 0 Å². The summed E-state index contributed by atoms with van der Waals surface area (Å²) >= 11 is 0. The van der Waals surface area contributed by atoms with Crippen LogP contribution in [0.4, 0.5) is 5.95 Å². The molecule has 0 radical (unpaired) electrons. The summed E-state index contributed by atoms with van der Waals surface area (Å²) in [5.41, 5.74) is -0.464. The predicted octanol–water partition coefficient (Wildman–Crippen LogP) is -0.00460. The molecule has 2 N–H and O–H groups in total. The number of nitrogens with one attached hydrogen (secondary N) is 2. The van der Waals surface area contributed by atoms with Gasteiger partial charge in [-0.3, -0.25) is 4.98 Å². The Morgan fingerprint density at radius 3 is 2.85 bits per heavy atom. The molecule has 0 spiro atoms. The molecule has 13 heavy (non-hydrogen) atoms. The van der Waals surface area contributed by atoms with Crippen molar-refractivity contribution in [2.45, 2.75) is 13.8 Å². The molecule has 0 bridgehead atoms. The molecule has 0 aliphatic heterocycles. The maximum Gasteiger partial charge on any atom is 0.352 e. The van der Waals surface area contributed by atoms with E-state index < -0.39 is 5.69 Å². The first-order valence-electron chi connectivity index (χ1n) is 4.11. The second-order valence-electron chi connectivity index (χ2n) is 2.25. The van der Waals surface area contributed by atoms with Crippen LogP contribution in [0.1, 0.15) is 13.8 Å². The van der Waals surface area contributed by atoms with Gasteiger partial charge in [0.2, 0.25) is 5.95 Å². The van der Waals surface area contributed by atoms with Gasteiger partial charge in [-0.2, -0.15) is 4.98 Å². The van der Waals surface area contributed by atoms with Crippen LogP contribution in [0, 0.1) is 0 Å². The minimum absolute atomic E-state index is 0.0993. The molecule has 0 aromatic carbocycles. The fourth-order valence-electron chi connectivity index (χ4n) is 0.810. The Hall–Kier alpha value is -1.59. The van der Waals surface area contributed by atoms with Gasteiger partial charge >= 0.3 is 11.7 Å². The van der Waals surface area contributed by atoms with Gasteiger partial charge in [0.05, 0.1) is 6.61 Å². The summed E-state index contributed by atoms with van der Waals surface area (Å²) < 4.78 is 4.99. The summed E-state index contributed by atoms with van der Waals surface area (Å²) in [7, 11) is 0. The van der Waals surface area contributed by atoms with Gasteiger partial charge in [0.1, 0.15) is 0 Å². The molecule has 6 heteroatoms. The van der Waals surface area contributed by atoms with Crippen molar-refractivity contribution in [2.24, 2.45) is 0 Å². The van der Waals surface area contributed by atoms with E-state index in [9.17, 15) is 4.79 Å². The number of ether oxygens (including phenoxy) is 1. The zero-order valence-corrected chi connectivity index (χ0v) is 7.63. The maximum atomic E-state index is 10.9. The Morgan fingerprint density at radius 2 is 2.23 bits per heavy atom. The van der Waals surface area contributed by atoms with E-state index in [-0.39, 0.29) is 6.01 Å². The largest absolute Gasteiger partial charge is 0.464 e. The molecule has 0 unspecified atom stereocenters. The maximum absolute atomic E-state index is 10.9. The van der Waals surface area contributed by atoms with E-state index in [0.29, 0.717) is 19.1 Å². The average molecular weight is 184 g/mol. The number of rotatable bonds is 4. The Bertz CT molecular complexity index is 295. The molecule has 0 amide bonds. The lowest BCUT2D eigenvalue weighted by Crippen LogP contribution is -2.17. The summed E-state index contributed by atoms with van der Waals surface area (Å²) in [4.78, 5) is 20.8. The molecule has 1 rings (SSSR count). The molecule has 0 saturated carbocycles. The van der Waals surface area contributed by atoms with Crippen LogP contribution < -0.4 is 15.7 Å². The van der Waals surface area contributed by atoms with Crippen LogP contribution in [0.25, 0.3) is 0 Å². The van der Waals surface area contributed by atoms with Gasteiger partial charge in [0.15, 0.2) is 0 Å². The highest BCUT2D eigenvalue weighted by atomic mass is 16.5. The highest BCUT2D eigenvalue weighted by Crippen LogP contribution is 2.00. The molecule has 1 aromatic heterocycles. The Morgan fingerprint density at radius 1 is 1.46 bits per heavy atom. The lowest BCUT2D eigenvalue weighted by atomic mass is 10.7. The smallest absolute Gasteiger partial charge is 0.352 e. The molecular weight excluding hydrogens is 172 g/mol. The monoisotopic (exact) mass is 184 g/mol. The van der Waals surface area contributed by atoms with E-state index in [1.165, 1.54) is 0 Å². The third-order valence-electron chi connectivity index (χ3n) is 1.25. The SMILES string of the molecule is CCNc1nc(OCC)nc(=O)[nH]1. The number of hydrogen-bond donors (Lipinski definition) is 2. The number of hydrogen-bond acceptors (Lipinski definition) is 5. The Balaban J connectivity index is 2.90. The highest BCUT2D eigenvalue weighted by molar-refractivity contribution is 5.23. The van der Waals surface area contributed by atoms with E-state index in [0.717, 1.165) is 0 Å². The van der Waals surface area contributed by atoms with Crippen molar-refractivity contribution in [3.05, 3.63) is 10.5 Å². The molecule has 6 nitrogen and oxygen atoms in total. The lowest BCUT2D eigenvalue weighted by molar-refractivity contribution is 0.310. The fraction of sp³-hybridized carbons (Fsp3) is 0.571. The first-order valence-corrected chi connectivity index (χ1v) is 4.11. The van der Waals surface area contributed by atoms with Gasteiger partial charge in [-0.1, -0.05) is 0 Å². The van der Waals surface area contributed by atoms with Crippen LogP contribution in [0.15, 0.2) is 4.79 Å². The van der Waals surface area contributed by atoms with E-state index in [4.69, 9.17) is 4.74 Å². The van der Waals surface area contributed by atoms with Gasteiger partial charge in [-0.25, -0.2) is 4.79 Å². The van der Waals surface area contributed by atoms with Gasteiger partial charge < -0.3 is 10.1 Å². The number of aromatic amines is 1. The number of aromatic nitrogens is 3. The zero-order valence-electron chi connectivity index (χ0n) is 7.63. The number of anilines is 1. The van der Waals surface area contributed by atoms with Crippen molar-refractivity contribution in [3.8, 4) is 6.01 Å². The third-order valence-corrected chi connectivity index (χ3v) is 1.25. The predicted molar refractivity (Wildman–Crippen MR) is 48.0 cm³/mol. The average Bonchev–Trinajstić information content (AvgIpc) is 2.04. The Kier molecular flexibility index (Phi) is 3.24. The van der Waals surface area contributed by atoms with Crippen LogP contribution in [0.5, 0.6) is 6.01 Å². The van der Waals surface area contributed by atoms with Crippen molar-refractivity contribution >= 4 is 5.95 Å². The fourth-order valence-corrected chi connectivity index (χ4v) is 0.810. The quantitative estimate of drug-likeness (QED) is 0.688. The summed E-state index contributed by atoms with van der Waals surface area (Å²) in [6.07, 6.45) is 0. The molecule has 0 saturated heterocycles. The van der Waals surface area contributed by atoms with Crippen LogP contribution in [0.2, 0.25) is 0 Å². The van der Waals surface area contributed by atoms with E-state index in [2.05, 4.69) is 20.3 Å². The minimum atomic E-state index is -0.464. The Labute approximate surface area is 75.4 Å². The van der Waals surface area contributed by atoms with Crippen LogP contribution in [-0.2, 0) is 0 Å². The second-order valence-corrected chi connectivity index (χ2v) is 2.25. The number of H-pyrrole nitrogens is 1. The molecule has 1 aromatic rings. The minimum Gasteiger partial charge on any atom is -0.464 e. The van der Waals surface area contributed by atoms with Gasteiger partial charge in [0.25, 0.3) is 0 Å². The molecule has 72 valence electrons. The zero-order chi connectivity index (χ0) is 9.68. The van der Waals surface area contributed by atoms with Crippen molar-refractivity contribution in [3.63, 3.8) is 0 Å². The van der Waals surface area contributed by atoms with Crippen molar-refractivity contribution < 1.29 is 4.74 Å². The molecule has 0 atom stereocenters. The van der Waals surface area contributed by atoms with Gasteiger partial charge in [-0.05, 0) is 13.8 Å².